The lowest BCUT2D eigenvalue weighted by Crippen LogP contribution is -2.18. The van der Waals surface area contributed by atoms with Crippen LogP contribution in [0.25, 0.3) is 0 Å². The number of thiol groups is 1. The highest BCUT2D eigenvalue weighted by molar-refractivity contribution is 7.80. The van der Waals surface area contributed by atoms with Crippen LogP contribution < -0.4 is 0 Å². The summed E-state index contributed by atoms with van der Waals surface area (Å²) in [6, 6.07) is 0. The van der Waals surface area contributed by atoms with Crippen molar-refractivity contribution in [2.45, 2.75) is 13.3 Å². The molecule has 0 aliphatic rings. The quantitative estimate of drug-likeness (QED) is 0.473. The number of likely N-dealkylation sites (N-methyl/N-ethyl adjacent to an activating group) is 1. The highest BCUT2D eigenvalue weighted by Crippen LogP contribution is 1.86. The maximum absolute atomic E-state index is 4.07. The zero-order valence-corrected chi connectivity index (χ0v) is 7.77. The Labute approximate surface area is 69.5 Å². The monoisotopic (exact) mass is 159 g/mol. The second-order valence-electron chi connectivity index (χ2n) is 2.42. The molecule has 0 spiro atoms. The molecule has 2 heteroatoms. The van der Waals surface area contributed by atoms with Crippen LogP contribution >= 0.6 is 12.6 Å². The van der Waals surface area contributed by atoms with Gasteiger partial charge in [0, 0.05) is 12.3 Å². The van der Waals surface area contributed by atoms with Gasteiger partial charge in [-0.3, -0.25) is 0 Å². The molecule has 60 valence electrons. The van der Waals surface area contributed by atoms with Gasteiger partial charge in [-0.25, -0.2) is 0 Å². The zero-order chi connectivity index (χ0) is 7.82. The summed E-state index contributed by atoms with van der Waals surface area (Å²) in [4.78, 5) is 2.29. The summed E-state index contributed by atoms with van der Waals surface area (Å²) in [6.45, 7) is 4.42. The van der Waals surface area contributed by atoms with Crippen LogP contribution in [-0.4, -0.2) is 30.8 Å². The van der Waals surface area contributed by atoms with Gasteiger partial charge in [0.1, 0.15) is 0 Å². The molecule has 1 nitrogen and oxygen atoms in total. The molecule has 0 aromatic heterocycles. The van der Waals surface area contributed by atoms with Crippen molar-refractivity contribution in [2.24, 2.45) is 0 Å². The molecule has 0 aliphatic carbocycles. The van der Waals surface area contributed by atoms with Gasteiger partial charge in [-0.1, -0.05) is 19.1 Å². The minimum atomic E-state index is 0.847. The van der Waals surface area contributed by atoms with Crippen LogP contribution in [0.3, 0.4) is 0 Å². The summed E-state index contributed by atoms with van der Waals surface area (Å²) >= 11 is 4.07. The van der Waals surface area contributed by atoms with Gasteiger partial charge in [-0.2, -0.15) is 12.6 Å². The zero-order valence-electron chi connectivity index (χ0n) is 6.88. The van der Waals surface area contributed by atoms with Crippen molar-refractivity contribution < 1.29 is 0 Å². The van der Waals surface area contributed by atoms with E-state index in [1.165, 1.54) is 13.0 Å². The average molecular weight is 159 g/mol. The standard InChI is InChI=1S/C8H17NS/c1-3-6-9(2)7-4-5-8-10/h4-5,10H,3,6-8H2,1-2H3. The SMILES string of the molecule is CCCN(C)CC=CCS. The molecule has 0 amide bonds. The lowest BCUT2D eigenvalue weighted by Gasteiger charge is -2.11. The summed E-state index contributed by atoms with van der Waals surface area (Å²) in [7, 11) is 2.13. The molecule has 0 unspecified atom stereocenters. The topological polar surface area (TPSA) is 3.24 Å². The highest BCUT2D eigenvalue weighted by atomic mass is 32.1. The van der Waals surface area contributed by atoms with Gasteiger partial charge < -0.3 is 4.90 Å². The molecule has 0 aromatic rings. The smallest absolute Gasteiger partial charge is 0.0160 e. The molecule has 0 rings (SSSR count). The van der Waals surface area contributed by atoms with Gasteiger partial charge in [0.2, 0.25) is 0 Å². The first-order chi connectivity index (χ1) is 4.81. The maximum atomic E-state index is 4.07. The summed E-state index contributed by atoms with van der Waals surface area (Å²) in [6.07, 6.45) is 5.46. The van der Waals surface area contributed by atoms with Crippen molar-refractivity contribution in [3.63, 3.8) is 0 Å². The molecule has 0 radical (unpaired) electrons. The third kappa shape index (κ3) is 6.17. The number of rotatable bonds is 5. The van der Waals surface area contributed by atoms with Crippen LogP contribution in [0.1, 0.15) is 13.3 Å². The highest BCUT2D eigenvalue weighted by Gasteiger charge is 1.89. The lowest BCUT2D eigenvalue weighted by atomic mass is 10.4. The van der Waals surface area contributed by atoms with Crippen molar-refractivity contribution in [2.75, 3.05) is 25.9 Å². The average Bonchev–Trinajstić information content (AvgIpc) is 1.89. The summed E-state index contributed by atoms with van der Waals surface area (Å²) < 4.78 is 0. The Morgan fingerprint density at radius 3 is 2.60 bits per heavy atom. The first-order valence-electron chi connectivity index (χ1n) is 3.75. The van der Waals surface area contributed by atoms with E-state index in [-0.39, 0.29) is 0 Å². The summed E-state index contributed by atoms with van der Waals surface area (Å²) in [5.41, 5.74) is 0. The van der Waals surface area contributed by atoms with Crippen molar-refractivity contribution in [1.29, 1.82) is 0 Å². The van der Waals surface area contributed by atoms with Crippen LogP contribution in [-0.2, 0) is 0 Å². The van der Waals surface area contributed by atoms with E-state index in [2.05, 4.69) is 43.7 Å². The first kappa shape index (κ1) is 10.0. The van der Waals surface area contributed by atoms with E-state index >= 15 is 0 Å². The summed E-state index contributed by atoms with van der Waals surface area (Å²) in [5.74, 6) is 0.847. The third-order valence-corrected chi connectivity index (χ3v) is 1.51. The van der Waals surface area contributed by atoms with E-state index in [1.807, 2.05) is 0 Å². The molecular weight excluding hydrogens is 142 g/mol. The predicted molar refractivity (Wildman–Crippen MR) is 50.8 cm³/mol. The number of nitrogens with zero attached hydrogens (tertiary/aromatic N) is 1. The van der Waals surface area contributed by atoms with Crippen molar-refractivity contribution in [1.82, 2.24) is 4.90 Å². The third-order valence-electron chi connectivity index (χ3n) is 1.29. The van der Waals surface area contributed by atoms with E-state index in [1.54, 1.807) is 0 Å². The largest absolute Gasteiger partial charge is 0.303 e. The molecule has 0 atom stereocenters. The van der Waals surface area contributed by atoms with Crippen LogP contribution in [0.15, 0.2) is 12.2 Å². The Morgan fingerprint density at radius 2 is 2.10 bits per heavy atom. The van der Waals surface area contributed by atoms with Crippen LogP contribution in [0.4, 0.5) is 0 Å². The molecule has 0 saturated carbocycles. The normalized spacial score (nSPS) is 11.6. The molecule has 10 heavy (non-hydrogen) atoms. The fraction of sp³-hybridized carbons (Fsp3) is 0.750. The van der Waals surface area contributed by atoms with Crippen molar-refractivity contribution >= 4 is 12.6 Å². The summed E-state index contributed by atoms with van der Waals surface area (Å²) in [5, 5.41) is 0. The molecule has 0 saturated heterocycles. The van der Waals surface area contributed by atoms with Crippen molar-refractivity contribution in [3.05, 3.63) is 12.2 Å². The minimum absolute atomic E-state index is 0.847. The van der Waals surface area contributed by atoms with Crippen molar-refractivity contribution in [3.8, 4) is 0 Å². The Morgan fingerprint density at radius 1 is 1.40 bits per heavy atom. The van der Waals surface area contributed by atoms with Gasteiger partial charge >= 0.3 is 0 Å². The lowest BCUT2D eigenvalue weighted by molar-refractivity contribution is 0.370. The fourth-order valence-corrected chi connectivity index (χ4v) is 0.951. The maximum Gasteiger partial charge on any atom is 0.0160 e. The Balaban J connectivity index is 3.20. The minimum Gasteiger partial charge on any atom is -0.303 e. The van der Waals surface area contributed by atoms with E-state index < -0.39 is 0 Å². The van der Waals surface area contributed by atoms with Gasteiger partial charge in [0.25, 0.3) is 0 Å². The van der Waals surface area contributed by atoms with E-state index in [9.17, 15) is 0 Å². The Kier molecular flexibility index (Phi) is 7.20. The number of hydrogen-bond donors (Lipinski definition) is 1. The second-order valence-corrected chi connectivity index (χ2v) is 2.78. The van der Waals surface area contributed by atoms with E-state index in [0.717, 1.165) is 12.3 Å². The molecular formula is C8H17NS. The Bertz CT molecular complexity index is 91.3. The Hall–Kier alpha value is 0.0500. The van der Waals surface area contributed by atoms with Gasteiger partial charge in [0.15, 0.2) is 0 Å². The van der Waals surface area contributed by atoms with Crippen LogP contribution in [0.5, 0.6) is 0 Å². The second kappa shape index (κ2) is 7.16. The molecule has 0 aliphatic heterocycles. The van der Waals surface area contributed by atoms with Gasteiger partial charge in [0.05, 0.1) is 0 Å². The molecule has 0 N–H and O–H groups in total. The number of hydrogen-bond acceptors (Lipinski definition) is 2. The molecule has 0 fully saturated rings. The molecule has 0 heterocycles. The molecule has 0 aromatic carbocycles. The van der Waals surface area contributed by atoms with Gasteiger partial charge in [-0.05, 0) is 20.0 Å². The van der Waals surface area contributed by atoms with Gasteiger partial charge in [-0.15, -0.1) is 0 Å². The first-order valence-corrected chi connectivity index (χ1v) is 4.39. The fourth-order valence-electron chi connectivity index (χ4n) is 0.802. The van der Waals surface area contributed by atoms with E-state index in [0.29, 0.717) is 0 Å². The van der Waals surface area contributed by atoms with Crippen LogP contribution in [0, 0.1) is 0 Å². The van der Waals surface area contributed by atoms with E-state index in [4.69, 9.17) is 0 Å². The van der Waals surface area contributed by atoms with Crippen LogP contribution in [0.2, 0.25) is 0 Å². The molecule has 0 bridgehead atoms. The predicted octanol–water partition coefficient (Wildman–Crippen LogP) is 1.81.